The summed E-state index contributed by atoms with van der Waals surface area (Å²) < 4.78 is 17.4. The summed E-state index contributed by atoms with van der Waals surface area (Å²) in [6.45, 7) is 1.59. The van der Waals surface area contributed by atoms with Crippen molar-refractivity contribution in [1.82, 2.24) is 9.88 Å². The van der Waals surface area contributed by atoms with Crippen LogP contribution < -0.4 is 0 Å². The van der Waals surface area contributed by atoms with Gasteiger partial charge >= 0.3 is 0 Å². The zero-order chi connectivity index (χ0) is 16.4. The summed E-state index contributed by atoms with van der Waals surface area (Å²) in [5.74, 6) is 0.280. The zero-order valence-corrected chi connectivity index (χ0v) is 13.3. The molecule has 0 N–H and O–H groups in total. The highest BCUT2D eigenvalue weighted by molar-refractivity contribution is 5.91. The number of furan rings is 1. The third-order valence-electron chi connectivity index (χ3n) is 4.74. The van der Waals surface area contributed by atoms with Gasteiger partial charge in [-0.1, -0.05) is 0 Å². The molecule has 2 aliphatic rings. The van der Waals surface area contributed by atoms with Crippen LogP contribution >= 0.6 is 0 Å². The number of hydrogen-bond acceptors (Lipinski definition) is 5. The Labute approximate surface area is 140 Å². The third kappa shape index (κ3) is 2.95. The molecule has 1 amide bonds. The van der Waals surface area contributed by atoms with Gasteiger partial charge in [-0.3, -0.25) is 9.78 Å². The average molecular weight is 328 g/mol. The van der Waals surface area contributed by atoms with E-state index in [9.17, 15) is 4.79 Å². The molecule has 0 spiro atoms. The van der Waals surface area contributed by atoms with Gasteiger partial charge in [-0.2, -0.15) is 0 Å². The van der Waals surface area contributed by atoms with Crippen molar-refractivity contribution < 1.29 is 18.7 Å². The van der Waals surface area contributed by atoms with Gasteiger partial charge in [0.2, 0.25) is 0 Å². The highest BCUT2D eigenvalue weighted by Gasteiger charge is 2.45. The molecule has 2 aromatic heterocycles. The summed E-state index contributed by atoms with van der Waals surface area (Å²) in [5.41, 5.74) is 1.07. The van der Waals surface area contributed by atoms with Crippen LogP contribution in [-0.2, 0) is 16.1 Å². The van der Waals surface area contributed by atoms with Gasteiger partial charge < -0.3 is 18.8 Å². The fourth-order valence-corrected chi connectivity index (χ4v) is 3.57. The number of rotatable bonds is 4. The van der Waals surface area contributed by atoms with Gasteiger partial charge in [0.25, 0.3) is 5.91 Å². The SMILES string of the molecule is O=C(c1ccco1)N1CCO[C@H]2CC[C@H]1[C@@H]2OCc1ccncc1. The summed E-state index contributed by atoms with van der Waals surface area (Å²) in [6.07, 6.45) is 6.76. The van der Waals surface area contributed by atoms with Gasteiger partial charge in [-0.05, 0) is 42.7 Å². The lowest BCUT2D eigenvalue weighted by atomic mass is 10.1. The fourth-order valence-electron chi connectivity index (χ4n) is 3.57. The van der Waals surface area contributed by atoms with Crippen molar-refractivity contribution in [2.45, 2.75) is 37.7 Å². The second kappa shape index (κ2) is 6.75. The fraction of sp³-hybridized carbons (Fsp3) is 0.444. The van der Waals surface area contributed by atoms with Crippen molar-refractivity contribution in [2.75, 3.05) is 13.2 Å². The van der Waals surface area contributed by atoms with E-state index in [-0.39, 0.29) is 24.2 Å². The highest BCUT2D eigenvalue weighted by atomic mass is 16.5. The van der Waals surface area contributed by atoms with E-state index in [1.54, 1.807) is 24.5 Å². The summed E-state index contributed by atoms with van der Waals surface area (Å²) in [4.78, 5) is 18.6. The Balaban J connectivity index is 1.50. The number of nitrogens with zero attached hydrogens (tertiary/aromatic N) is 2. The number of amides is 1. The first kappa shape index (κ1) is 15.4. The molecule has 4 rings (SSSR count). The summed E-state index contributed by atoms with van der Waals surface area (Å²) in [7, 11) is 0. The molecule has 0 unspecified atom stereocenters. The summed E-state index contributed by atoms with van der Waals surface area (Å²) in [6, 6.07) is 7.33. The number of ether oxygens (including phenoxy) is 2. The van der Waals surface area contributed by atoms with E-state index in [0.29, 0.717) is 25.5 Å². The Morgan fingerprint density at radius 2 is 2.17 bits per heavy atom. The Morgan fingerprint density at radius 3 is 2.96 bits per heavy atom. The molecule has 0 aromatic carbocycles. The molecular formula is C18H20N2O4. The van der Waals surface area contributed by atoms with Crippen LogP contribution in [0.5, 0.6) is 0 Å². The summed E-state index contributed by atoms with van der Waals surface area (Å²) in [5, 5.41) is 0. The average Bonchev–Trinajstić information content (AvgIpc) is 3.22. The van der Waals surface area contributed by atoms with Crippen molar-refractivity contribution in [3.8, 4) is 0 Å². The first-order chi connectivity index (χ1) is 11.8. The lowest BCUT2D eigenvalue weighted by Gasteiger charge is -2.30. The van der Waals surface area contributed by atoms with Gasteiger partial charge in [-0.25, -0.2) is 0 Å². The van der Waals surface area contributed by atoms with E-state index >= 15 is 0 Å². The van der Waals surface area contributed by atoms with Crippen LogP contribution in [0.2, 0.25) is 0 Å². The number of pyridine rings is 1. The lowest BCUT2D eigenvalue weighted by molar-refractivity contribution is -0.0598. The largest absolute Gasteiger partial charge is 0.459 e. The van der Waals surface area contributed by atoms with E-state index in [1.165, 1.54) is 6.26 Å². The Hall–Kier alpha value is -2.18. The minimum Gasteiger partial charge on any atom is -0.459 e. The number of fused-ring (bicyclic) bond motifs is 2. The predicted molar refractivity (Wildman–Crippen MR) is 85.3 cm³/mol. The molecule has 2 bridgehead atoms. The van der Waals surface area contributed by atoms with Crippen LogP contribution in [-0.4, -0.2) is 47.2 Å². The maximum Gasteiger partial charge on any atom is 0.289 e. The normalized spacial score (nSPS) is 26.3. The van der Waals surface area contributed by atoms with E-state index < -0.39 is 0 Å². The topological polar surface area (TPSA) is 64.8 Å². The highest BCUT2D eigenvalue weighted by Crippen LogP contribution is 2.33. The zero-order valence-electron chi connectivity index (χ0n) is 13.3. The second-order valence-electron chi connectivity index (χ2n) is 6.16. The Bertz CT molecular complexity index is 674. The molecule has 1 saturated heterocycles. The molecule has 3 heterocycles. The number of aromatic nitrogens is 1. The molecule has 2 aromatic rings. The van der Waals surface area contributed by atoms with Gasteiger partial charge in [0.1, 0.15) is 6.10 Å². The van der Waals surface area contributed by atoms with Gasteiger partial charge in [0, 0.05) is 18.9 Å². The van der Waals surface area contributed by atoms with Crippen LogP contribution in [0.3, 0.4) is 0 Å². The molecule has 1 saturated carbocycles. The quantitative estimate of drug-likeness (QED) is 0.861. The number of carbonyl (C=O) groups is 1. The lowest BCUT2D eigenvalue weighted by Crippen LogP contribution is -2.46. The van der Waals surface area contributed by atoms with Crippen LogP contribution in [0.1, 0.15) is 29.0 Å². The molecule has 6 heteroatoms. The second-order valence-corrected chi connectivity index (χ2v) is 6.16. The molecule has 6 nitrogen and oxygen atoms in total. The van der Waals surface area contributed by atoms with Crippen LogP contribution in [0.4, 0.5) is 0 Å². The molecular weight excluding hydrogens is 308 g/mol. The molecule has 0 radical (unpaired) electrons. The van der Waals surface area contributed by atoms with Crippen molar-refractivity contribution in [3.05, 3.63) is 54.2 Å². The minimum absolute atomic E-state index is 0.0249. The standard InChI is InChI=1S/C18H20N2O4/c21-18(16-2-1-10-22-16)20-9-11-23-15-4-3-14(20)17(15)24-12-13-5-7-19-8-6-13/h1-2,5-8,10,14-15,17H,3-4,9,11-12H2/t14-,15-,17-/m0/s1. The van der Waals surface area contributed by atoms with E-state index in [2.05, 4.69) is 4.98 Å². The van der Waals surface area contributed by atoms with Gasteiger partial charge in [0.15, 0.2) is 5.76 Å². The van der Waals surface area contributed by atoms with Crippen molar-refractivity contribution in [3.63, 3.8) is 0 Å². The third-order valence-corrected chi connectivity index (χ3v) is 4.74. The Morgan fingerprint density at radius 1 is 1.29 bits per heavy atom. The summed E-state index contributed by atoms with van der Waals surface area (Å²) >= 11 is 0. The van der Waals surface area contributed by atoms with Crippen molar-refractivity contribution in [1.29, 1.82) is 0 Å². The van der Waals surface area contributed by atoms with Crippen LogP contribution in [0.15, 0.2) is 47.3 Å². The first-order valence-electron chi connectivity index (χ1n) is 8.29. The smallest absolute Gasteiger partial charge is 0.289 e. The number of hydrogen-bond donors (Lipinski definition) is 0. The number of carbonyl (C=O) groups excluding carboxylic acids is 1. The maximum atomic E-state index is 12.7. The molecule has 3 atom stereocenters. The van der Waals surface area contributed by atoms with Gasteiger partial charge in [0.05, 0.1) is 31.6 Å². The minimum atomic E-state index is -0.112. The van der Waals surface area contributed by atoms with Crippen molar-refractivity contribution in [2.24, 2.45) is 0 Å². The Kier molecular flexibility index (Phi) is 4.32. The van der Waals surface area contributed by atoms with E-state index in [0.717, 1.165) is 18.4 Å². The molecule has 1 aliphatic carbocycles. The van der Waals surface area contributed by atoms with E-state index in [1.807, 2.05) is 17.0 Å². The van der Waals surface area contributed by atoms with Crippen LogP contribution in [0, 0.1) is 0 Å². The molecule has 24 heavy (non-hydrogen) atoms. The first-order valence-corrected chi connectivity index (χ1v) is 8.29. The monoisotopic (exact) mass is 328 g/mol. The molecule has 1 aliphatic heterocycles. The van der Waals surface area contributed by atoms with Gasteiger partial charge in [-0.15, -0.1) is 0 Å². The predicted octanol–water partition coefficient (Wildman–Crippen LogP) is 2.26. The van der Waals surface area contributed by atoms with E-state index in [4.69, 9.17) is 13.9 Å². The molecule has 126 valence electrons. The molecule has 2 fully saturated rings. The maximum absolute atomic E-state index is 12.7. The van der Waals surface area contributed by atoms with Crippen LogP contribution in [0.25, 0.3) is 0 Å². The van der Waals surface area contributed by atoms with Crippen molar-refractivity contribution >= 4 is 5.91 Å².